The number of benzene rings is 4. The predicted octanol–water partition coefficient (Wildman–Crippen LogP) is 13.5. The van der Waals surface area contributed by atoms with Gasteiger partial charge in [-0.3, -0.25) is 0 Å². The van der Waals surface area contributed by atoms with E-state index in [0.717, 1.165) is 52.0 Å². The maximum absolute atomic E-state index is 11.4. The van der Waals surface area contributed by atoms with Crippen molar-refractivity contribution in [2.45, 2.75) is 0 Å². The molecule has 0 atom stereocenters. The van der Waals surface area contributed by atoms with Crippen LogP contribution in [0.3, 0.4) is 0 Å². The Kier molecular flexibility index (Phi) is 15.1. The van der Waals surface area contributed by atoms with E-state index in [1.165, 1.54) is 16.9 Å². The van der Waals surface area contributed by atoms with E-state index in [1.807, 2.05) is 146 Å². The number of nitriles is 4. The Morgan fingerprint density at radius 1 is 0.391 bits per heavy atom. The number of allylic oxidation sites excluding steroid dienone is 10. The van der Waals surface area contributed by atoms with Gasteiger partial charge in [-0.25, -0.2) is 0 Å². The van der Waals surface area contributed by atoms with Gasteiger partial charge in [-0.05, 0) is 81.7 Å². The monoisotopic (exact) mass is 1010 g/mol. The van der Waals surface area contributed by atoms with Crippen LogP contribution in [0, 0.1) is 45.3 Å². The molecule has 0 radical (unpaired) electrons. The van der Waals surface area contributed by atoms with Gasteiger partial charge in [0.2, 0.25) is 0 Å². The van der Waals surface area contributed by atoms with Crippen LogP contribution in [-0.2, 0) is 0 Å². The molecule has 8 rings (SSSR count). The average Bonchev–Trinajstić information content (AvgIpc) is 3.99. The van der Waals surface area contributed by atoms with Crippen LogP contribution in [0.15, 0.2) is 204 Å². The number of hydrogen-bond acceptors (Lipinski definition) is 12. The molecule has 4 aliphatic rings. The molecule has 4 heterocycles. The Labute approximate surface area is 410 Å². The molecule has 0 fully saturated rings. The van der Waals surface area contributed by atoms with E-state index in [9.17, 15) is 21.0 Å². The third kappa shape index (κ3) is 8.21. The minimum Gasteiger partial charge on any atom is -0.192 e. The van der Waals surface area contributed by atoms with Crippen LogP contribution in [-0.4, -0.2) is 35.6 Å². The van der Waals surface area contributed by atoms with Crippen molar-refractivity contribution >= 4 is 140 Å². The first-order chi connectivity index (χ1) is 31.4. The standard InChI is InChI=1S/C50H36N4P2S8/c1-57-47-48(58-2)62-45(61-47)43(33-25-39(29-51)55(40(26-33)30-52,35-17-9-5-10-18-35)36-19-11-6-12-20-36)44(46-63-49(59-3)50(60-4)64-46)34-27-41(31-53)56(42(28-34)32-54,37-21-13-7-14-22-37)38-23-15-8-16-24-38/h5-28H,1-4H3. The first kappa shape index (κ1) is 46.7. The fourth-order valence-corrected chi connectivity index (χ4v) is 26.0. The SMILES string of the molecule is CSC1=C(SC)SC(=C(C2=CC(C#N)=P(c3ccccc3)(c3ccccc3)C(C#N)=C2)C(C2=CC(C#N)=P(c3ccccc3)(c3ccccc3)C(C#N)=C2)=C2SC(SC)=C(SC)S2)S1. The number of rotatable bonds is 11. The summed E-state index contributed by atoms with van der Waals surface area (Å²) in [4.78, 5) is 0. The summed E-state index contributed by atoms with van der Waals surface area (Å²) in [5.74, 6) is 0. The van der Waals surface area contributed by atoms with E-state index in [4.69, 9.17) is 0 Å². The Hall–Kier alpha value is -3.84. The highest BCUT2D eigenvalue weighted by Gasteiger charge is 2.40. The third-order valence-corrected chi connectivity index (χ3v) is 29.2. The second-order valence-corrected chi connectivity index (χ2v) is 29.4. The largest absolute Gasteiger partial charge is 0.192 e. The highest BCUT2D eigenvalue weighted by atomic mass is 32.3. The molecule has 64 heavy (non-hydrogen) atoms. The number of hydrogen-bond donors (Lipinski definition) is 0. The van der Waals surface area contributed by atoms with Gasteiger partial charge in [0.05, 0.1) is 46.6 Å². The van der Waals surface area contributed by atoms with Gasteiger partial charge in [-0.1, -0.05) is 168 Å². The molecule has 4 nitrogen and oxygen atoms in total. The zero-order valence-corrected chi connectivity index (χ0v) is 43.1. The van der Waals surface area contributed by atoms with Crippen LogP contribution in [0.2, 0.25) is 0 Å². The maximum atomic E-state index is 11.4. The van der Waals surface area contributed by atoms with Gasteiger partial charge in [-0.2, -0.15) is 21.0 Å². The highest BCUT2D eigenvalue weighted by molar-refractivity contribution is 8.41. The molecular formula is C50H36N4P2S8. The van der Waals surface area contributed by atoms with Crippen LogP contribution >= 0.6 is 108 Å². The fourth-order valence-electron chi connectivity index (χ4n) is 8.03. The van der Waals surface area contributed by atoms with Gasteiger partial charge >= 0.3 is 0 Å². The van der Waals surface area contributed by atoms with Gasteiger partial charge in [0.15, 0.2) is 0 Å². The first-order valence-corrected chi connectivity index (χ1v) is 31.2. The molecule has 314 valence electrons. The average molecular weight is 1010 g/mol. The summed E-state index contributed by atoms with van der Waals surface area (Å²) < 4.78 is 6.69. The second-order valence-electron chi connectivity index (χ2n) is 13.9. The van der Waals surface area contributed by atoms with Crippen molar-refractivity contribution in [2.75, 3.05) is 25.0 Å². The molecule has 4 aromatic carbocycles. The van der Waals surface area contributed by atoms with E-state index < -0.39 is 13.8 Å². The van der Waals surface area contributed by atoms with E-state index in [1.54, 1.807) is 94.1 Å². The minimum absolute atomic E-state index is 0.533. The Balaban J connectivity index is 1.53. The van der Waals surface area contributed by atoms with Crippen molar-refractivity contribution in [3.05, 3.63) is 204 Å². The zero-order valence-electron chi connectivity index (χ0n) is 34.8. The van der Waals surface area contributed by atoms with E-state index in [-0.39, 0.29) is 0 Å². The van der Waals surface area contributed by atoms with Crippen LogP contribution in [0.4, 0.5) is 0 Å². The van der Waals surface area contributed by atoms with Gasteiger partial charge < -0.3 is 0 Å². The summed E-state index contributed by atoms with van der Waals surface area (Å²) in [6, 6.07) is 50.6. The molecular weight excluding hydrogens is 975 g/mol. The lowest BCUT2D eigenvalue weighted by atomic mass is 9.92. The van der Waals surface area contributed by atoms with Crippen molar-refractivity contribution < 1.29 is 0 Å². The maximum Gasteiger partial charge on any atom is 0.100 e. The molecule has 0 N–H and O–H groups in total. The molecule has 0 aliphatic carbocycles. The zero-order chi connectivity index (χ0) is 44.8. The summed E-state index contributed by atoms with van der Waals surface area (Å²) in [6.45, 7) is -5.84. The van der Waals surface area contributed by atoms with E-state index in [0.29, 0.717) is 21.2 Å². The summed E-state index contributed by atoms with van der Waals surface area (Å²) in [7, 11) is 0. The summed E-state index contributed by atoms with van der Waals surface area (Å²) >= 11 is 13.6. The normalized spacial score (nSPS) is 17.7. The quantitative estimate of drug-likeness (QED) is 0.134. The summed E-state index contributed by atoms with van der Waals surface area (Å²) in [5.41, 5.74) is 3.21. The Bertz CT molecular complexity index is 2800. The summed E-state index contributed by atoms with van der Waals surface area (Å²) in [6.07, 6.45) is 16.5. The molecule has 4 aliphatic heterocycles. The Morgan fingerprint density at radius 2 is 0.656 bits per heavy atom. The Morgan fingerprint density at radius 3 is 0.875 bits per heavy atom. The lowest BCUT2D eigenvalue weighted by molar-refractivity contribution is 1.41. The third-order valence-electron chi connectivity index (χ3n) is 10.7. The molecule has 4 aromatic rings. The minimum atomic E-state index is -2.92. The van der Waals surface area contributed by atoms with Crippen molar-refractivity contribution in [2.24, 2.45) is 0 Å². The molecule has 0 bridgehead atoms. The van der Waals surface area contributed by atoms with Crippen LogP contribution in [0.25, 0.3) is 0 Å². The van der Waals surface area contributed by atoms with Crippen LogP contribution in [0.5, 0.6) is 0 Å². The second kappa shape index (κ2) is 20.8. The van der Waals surface area contributed by atoms with Gasteiger partial charge in [0, 0.05) is 24.9 Å². The van der Waals surface area contributed by atoms with Crippen molar-refractivity contribution in [3.63, 3.8) is 0 Å². The topological polar surface area (TPSA) is 95.2 Å². The number of thioether (sulfide) groups is 8. The van der Waals surface area contributed by atoms with Crippen LogP contribution < -0.4 is 21.2 Å². The molecule has 0 saturated carbocycles. The molecule has 0 unspecified atom stereocenters. The number of nitrogens with zero attached hydrogens (tertiary/aromatic N) is 4. The summed E-state index contributed by atoms with van der Waals surface area (Å²) in [5, 5.41) is 51.5. The van der Waals surface area contributed by atoms with Crippen LogP contribution in [0.1, 0.15) is 0 Å². The highest BCUT2D eigenvalue weighted by Crippen LogP contribution is 2.66. The molecule has 0 spiro atoms. The van der Waals surface area contributed by atoms with Gasteiger partial charge in [-0.15, -0.1) is 47.0 Å². The van der Waals surface area contributed by atoms with E-state index >= 15 is 0 Å². The molecule has 14 heteroatoms. The smallest absolute Gasteiger partial charge is 0.100 e. The first-order valence-electron chi connectivity index (χ1n) is 19.5. The lowest BCUT2D eigenvalue weighted by Crippen LogP contribution is -2.25. The van der Waals surface area contributed by atoms with Gasteiger partial charge in [0.25, 0.3) is 0 Å². The van der Waals surface area contributed by atoms with E-state index in [2.05, 4.69) is 49.3 Å². The molecule has 0 saturated heterocycles. The fraction of sp³-hybridized carbons (Fsp3) is 0.0800. The van der Waals surface area contributed by atoms with Crippen molar-refractivity contribution in [3.8, 4) is 24.3 Å². The molecule has 0 aromatic heterocycles. The predicted molar refractivity (Wildman–Crippen MR) is 295 cm³/mol. The van der Waals surface area contributed by atoms with Crippen molar-refractivity contribution in [1.82, 2.24) is 0 Å². The van der Waals surface area contributed by atoms with Crippen molar-refractivity contribution in [1.29, 1.82) is 21.0 Å². The van der Waals surface area contributed by atoms with Gasteiger partial charge in [0.1, 0.15) is 24.3 Å². The lowest BCUT2D eigenvalue weighted by Gasteiger charge is -2.33. The molecule has 0 amide bonds.